The Balaban J connectivity index is 1.78. The first-order valence-corrected chi connectivity index (χ1v) is 7.14. The number of fused-ring (bicyclic) bond motifs is 1. The zero-order valence-corrected chi connectivity index (χ0v) is 11.7. The van der Waals surface area contributed by atoms with Crippen molar-refractivity contribution in [2.75, 3.05) is 13.2 Å². The molecule has 4 heteroatoms. The zero-order valence-electron chi connectivity index (χ0n) is 11.7. The number of pyridine rings is 1. The summed E-state index contributed by atoms with van der Waals surface area (Å²) in [7, 11) is 0. The molecule has 1 atom stereocenters. The maximum Gasteiger partial charge on any atom is 0.144 e. The van der Waals surface area contributed by atoms with Crippen LogP contribution in [0.1, 0.15) is 24.0 Å². The summed E-state index contributed by atoms with van der Waals surface area (Å²) in [5.41, 5.74) is 2.72. The number of aromatic hydroxyl groups is 1. The van der Waals surface area contributed by atoms with Crippen LogP contribution in [-0.2, 0) is 11.3 Å². The molecule has 106 valence electrons. The van der Waals surface area contributed by atoms with Crippen molar-refractivity contribution in [2.45, 2.75) is 32.4 Å². The molecule has 0 saturated carbocycles. The second-order valence-electron chi connectivity index (χ2n) is 5.37. The molecule has 0 radical (unpaired) electrons. The lowest BCUT2D eigenvalue weighted by molar-refractivity contribution is 0.110. The van der Waals surface area contributed by atoms with E-state index in [-0.39, 0.29) is 5.75 Å². The van der Waals surface area contributed by atoms with Crippen LogP contribution in [0.3, 0.4) is 0 Å². The topological polar surface area (TPSA) is 54.4 Å². The van der Waals surface area contributed by atoms with E-state index in [1.165, 1.54) is 5.56 Å². The number of ether oxygens (including phenoxy) is 1. The molecule has 0 aliphatic carbocycles. The lowest BCUT2D eigenvalue weighted by Gasteiger charge is -2.13. The van der Waals surface area contributed by atoms with Gasteiger partial charge in [-0.15, -0.1) is 0 Å². The molecule has 1 aliphatic heterocycles. The summed E-state index contributed by atoms with van der Waals surface area (Å²) >= 11 is 0. The van der Waals surface area contributed by atoms with Crippen LogP contribution in [0.5, 0.6) is 5.75 Å². The Labute approximate surface area is 118 Å². The number of hydrogen-bond donors (Lipinski definition) is 2. The largest absolute Gasteiger partial charge is 0.505 e. The van der Waals surface area contributed by atoms with E-state index in [2.05, 4.69) is 10.3 Å². The summed E-state index contributed by atoms with van der Waals surface area (Å²) in [6.07, 6.45) is 4.37. The number of hydrogen-bond acceptors (Lipinski definition) is 4. The van der Waals surface area contributed by atoms with Gasteiger partial charge >= 0.3 is 0 Å². The lowest BCUT2D eigenvalue weighted by Crippen LogP contribution is -2.25. The maximum absolute atomic E-state index is 10.1. The number of phenolic OH excluding ortho intramolecular Hbond substituents is 1. The second-order valence-corrected chi connectivity index (χ2v) is 5.37. The molecule has 2 aromatic rings. The Morgan fingerprint density at radius 1 is 1.50 bits per heavy atom. The minimum atomic E-state index is 0.281. The normalized spacial score (nSPS) is 18.8. The van der Waals surface area contributed by atoms with Crippen molar-refractivity contribution in [1.29, 1.82) is 0 Å². The van der Waals surface area contributed by atoms with Crippen LogP contribution >= 0.6 is 0 Å². The molecule has 4 nitrogen and oxygen atoms in total. The highest BCUT2D eigenvalue weighted by Gasteiger charge is 2.15. The van der Waals surface area contributed by atoms with Gasteiger partial charge < -0.3 is 15.2 Å². The predicted molar refractivity (Wildman–Crippen MR) is 78.8 cm³/mol. The van der Waals surface area contributed by atoms with E-state index in [0.29, 0.717) is 11.6 Å². The van der Waals surface area contributed by atoms with Crippen molar-refractivity contribution in [3.63, 3.8) is 0 Å². The van der Waals surface area contributed by atoms with Gasteiger partial charge in [-0.3, -0.25) is 4.98 Å². The third-order valence-corrected chi connectivity index (χ3v) is 3.85. The van der Waals surface area contributed by atoms with Gasteiger partial charge in [0.2, 0.25) is 0 Å². The average molecular weight is 272 g/mol. The highest BCUT2D eigenvalue weighted by atomic mass is 16.5. The van der Waals surface area contributed by atoms with Crippen molar-refractivity contribution >= 4 is 10.9 Å². The van der Waals surface area contributed by atoms with E-state index in [1.54, 1.807) is 6.20 Å². The minimum Gasteiger partial charge on any atom is -0.505 e. The van der Waals surface area contributed by atoms with Crippen LogP contribution in [0.2, 0.25) is 0 Å². The number of benzene rings is 1. The Kier molecular flexibility index (Phi) is 3.85. The second kappa shape index (κ2) is 5.77. The minimum absolute atomic E-state index is 0.281. The van der Waals surface area contributed by atoms with Gasteiger partial charge in [0.25, 0.3) is 0 Å². The van der Waals surface area contributed by atoms with Crippen molar-refractivity contribution in [2.24, 2.45) is 0 Å². The van der Waals surface area contributed by atoms with E-state index in [4.69, 9.17) is 4.74 Å². The summed E-state index contributed by atoms with van der Waals surface area (Å²) in [5, 5.41) is 14.5. The van der Waals surface area contributed by atoms with Crippen LogP contribution in [0.4, 0.5) is 0 Å². The number of phenols is 1. The van der Waals surface area contributed by atoms with Gasteiger partial charge in [-0.05, 0) is 37.0 Å². The van der Waals surface area contributed by atoms with Crippen LogP contribution in [0.25, 0.3) is 10.9 Å². The van der Waals surface area contributed by atoms with Crippen molar-refractivity contribution in [3.05, 3.63) is 35.5 Å². The molecule has 1 aromatic heterocycles. The first-order chi connectivity index (χ1) is 9.75. The van der Waals surface area contributed by atoms with Gasteiger partial charge in [-0.1, -0.05) is 12.1 Å². The van der Waals surface area contributed by atoms with Crippen molar-refractivity contribution in [3.8, 4) is 5.75 Å². The van der Waals surface area contributed by atoms with Gasteiger partial charge in [-0.2, -0.15) is 0 Å². The summed E-state index contributed by atoms with van der Waals surface area (Å²) in [5.74, 6) is 0.281. The van der Waals surface area contributed by atoms with Gasteiger partial charge in [0, 0.05) is 31.3 Å². The quantitative estimate of drug-likeness (QED) is 0.898. The molecule has 0 spiro atoms. The van der Waals surface area contributed by atoms with Crippen molar-refractivity contribution < 1.29 is 9.84 Å². The molecule has 1 unspecified atom stereocenters. The average Bonchev–Trinajstić information content (AvgIpc) is 2.97. The molecule has 2 heterocycles. The Morgan fingerprint density at radius 3 is 3.20 bits per heavy atom. The molecule has 20 heavy (non-hydrogen) atoms. The van der Waals surface area contributed by atoms with Gasteiger partial charge in [0.1, 0.15) is 11.3 Å². The van der Waals surface area contributed by atoms with E-state index in [1.807, 2.05) is 25.1 Å². The Morgan fingerprint density at radius 2 is 2.40 bits per heavy atom. The fourth-order valence-electron chi connectivity index (χ4n) is 2.77. The van der Waals surface area contributed by atoms with Crippen LogP contribution < -0.4 is 5.32 Å². The number of rotatable bonds is 4. The van der Waals surface area contributed by atoms with Gasteiger partial charge in [0.05, 0.1) is 6.10 Å². The molecule has 1 aliphatic rings. The summed E-state index contributed by atoms with van der Waals surface area (Å²) in [6.45, 7) is 4.44. The Bertz CT molecular complexity index is 607. The predicted octanol–water partition coefficient (Wildman–Crippen LogP) is 2.52. The monoisotopic (exact) mass is 272 g/mol. The third-order valence-electron chi connectivity index (χ3n) is 3.85. The summed E-state index contributed by atoms with van der Waals surface area (Å²) < 4.78 is 5.61. The van der Waals surface area contributed by atoms with Gasteiger partial charge in [-0.25, -0.2) is 0 Å². The van der Waals surface area contributed by atoms with E-state index < -0.39 is 0 Å². The van der Waals surface area contributed by atoms with E-state index in [0.717, 1.165) is 43.5 Å². The van der Waals surface area contributed by atoms with Crippen LogP contribution in [-0.4, -0.2) is 29.3 Å². The third kappa shape index (κ3) is 2.62. The van der Waals surface area contributed by atoms with Gasteiger partial charge in [0.15, 0.2) is 0 Å². The highest BCUT2D eigenvalue weighted by molar-refractivity contribution is 5.88. The first-order valence-electron chi connectivity index (χ1n) is 7.14. The van der Waals surface area contributed by atoms with E-state index in [9.17, 15) is 5.11 Å². The fraction of sp³-hybridized carbons (Fsp3) is 0.438. The number of nitrogens with one attached hydrogen (secondary N) is 1. The Hall–Kier alpha value is -1.65. The standard InChI is InChI=1S/C16H20N2O2/c1-11-8-12(9-17-10-13-4-3-7-20-13)14-5-2-6-18-15(14)16(11)19/h2,5-6,8,13,17,19H,3-4,7,9-10H2,1H3. The molecule has 0 amide bonds. The fourth-order valence-corrected chi connectivity index (χ4v) is 2.77. The molecule has 3 rings (SSSR count). The molecule has 1 saturated heterocycles. The van der Waals surface area contributed by atoms with E-state index >= 15 is 0 Å². The molecule has 0 bridgehead atoms. The number of nitrogens with zero attached hydrogens (tertiary/aromatic N) is 1. The first kappa shape index (κ1) is 13.3. The number of aromatic nitrogens is 1. The van der Waals surface area contributed by atoms with Crippen molar-refractivity contribution in [1.82, 2.24) is 10.3 Å². The van der Waals surface area contributed by atoms with Crippen LogP contribution in [0.15, 0.2) is 24.4 Å². The molecular weight excluding hydrogens is 252 g/mol. The maximum atomic E-state index is 10.1. The SMILES string of the molecule is Cc1cc(CNCC2CCCO2)c2cccnc2c1O. The highest BCUT2D eigenvalue weighted by Crippen LogP contribution is 2.29. The summed E-state index contributed by atoms with van der Waals surface area (Å²) in [6, 6.07) is 5.94. The lowest BCUT2D eigenvalue weighted by atomic mass is 10.0. The molecule has 1 fully saturated rings. The van der Waals surface area contributed by atoms with Crippen LogP contribution in [0, 0.1) is 6.92 Å². The molecular formula is C16H20N2O2. The number of aryl methyl sites for hydroxylation is 1. The molecule has 2 N–H and O–H groups in total. The molecule has 1 aromatic carbocycles. The smallest absolute Gasteiger partial charge is 0.144 e. The summed E-state index contributed by atoms with van der Waals surface area (Å²) in [4.78, 5) is 4.29. The zero-order chi connectivity index (χ0) is 13.9.